The lowest BCUT2D eigenvalue weighted by molar-refractivity contribution is -0.141. The van der Waals surface area contributed by atoms with E-state index in [1.54, 1.807) is 4.90 Å². The lowest BCUT2D eigenvalue weighted by Gasteiger charge is -2.33. The molecule has 1 aliphatic carbocycles. The summed E-state index contributed by atoms with van der Waals surface area (Å²) in [6.45, 7) is 4.25. The smallest absolute Gasteiger partial charge is 0.243 e. The molecule has 0 bridgehead atoms. The van der Waals surface area contributed by atoms with Crippen LogP contribution < -0.4 is 9.62 Å². The van der Waals surface area contributed by atoms with Gasteiger partial charge < -0.3 is 10.2 Å². The summed E-state index contributed by atoms with van der Waals surface area (Å²) in [7, 11) is -3.63. The molecule has 0 heterocycles. The van der Waals surface area contributed by atoms with Gasteiger partial charge in [0.25, 0.3) is 0 Å². The number of amides is 2. The maximum Gasteiger partial charge on any atom is 0.243 e. The fraction of sp³-hybridized carbons (Fsp3) is 0.517. The minimum absolute atomic E-state index is 0.0690. The Kier molecular flexibility index (Phi) is 10.7. The molecular formula is C29H40FN3O4S. The summed E-state index contributed by atoms with van der Waals surface area (Å²) in [5, 5.41) is 3.17. The third kappa shape index (κ3) is 8.55. The van der Waals surface area contributed by atoms with Gasteiger partial charge in [0.15, 0.2) is 0 Å². The van der Waals surface area contributed by atoms with E-state index in [4.69, 9.17) is 0 Å². The Morgan fingerprint density at radius 1 is 1.08 bits per heavy atom. The number of anilines is 1. The molecule has 0 saturated heterocycles. The number of aryl methyl sites for hydroxylation is 1. The standard InChI is InChI=1S/C29H40FN3O4S/c1-4-27(29(35)31-25-12-6-5-7-13-25)32(21-23-11-8-10-22(2)20-23)28(34)14-9-19-33(38(3,36)37)26-17-15-24(30)16-18-26/h8,10-11,15-18,20,25,27H,4-7,9,12-14,19,21H2,1-3H3,(H,31,35)/t27-/m1/s1. The zero-order chi connectivity index (χ0) is 27.7. The Hall–Kier alpha value is -2.94. The van der Waals surface area contributed by atoms with Gasteiger partial charge >= 0.3 is 0 Å². The molecule has 38 heavy (non-hydrogen) atoms. The first-order chi connectivity index (χ1) is 18.1. The van der Waals surface area contributed by atoms with Crippen molar-refractivity contribution in [1.82, 2.24) is 10.2 Å². The third-order valence-electron chi connectivity index (χ3n) is 7.04. The second-order valence-corrected chi connectivity index (χ2v) is 12.1. The van der Waals surface area contributed by atoms with E-state index in [-0.39, 0.29) is 37.2 Å². The summed E-state index contributed by atoms with van der Waals surface area (Å²) in [6.07, 6.45) is 7.19. The molecular weight excluding hydrogens is 505 g/mol. The van der Waals surface area contributed by atoms with Crippen molar-refractivity contribution >= 4 is 27.5 Å². The Labute approximate surface area is 226 Å². The van der Waals surface area contributed by atoms with Gasteiger partial charge in [0.2, 0.25) is 21.8 Å². The third-order valence-corrected chi connectivity index (χ3v) is 8.23. The zero-order valence-electron chi connectivity index (χ0n) is 22.7. The van der Waals surface area contributed by atoms with Crippen molar-refractivity contribution in [2.45, 2.75) is 83.8 Å². The number of halogens is 1. The lowest BCUT2D eigenvalue weighted by atomic mass is 9.95. The summed E-state index contributed by atoms with van der Waals surface area (Å²) >= 11 is 0. The topological polar surface area (TPSA) is 86.8 Å². The van der Waals surface area contributed by atoms with Gasteiger partial charge in [0, 0.05) is 25.6 Å². The minimum Gasteiger partial charge on any atom is -0.352 e. The molecule has 208 valence electrons. The zero-order valence-corrected chi connectivity index (χ0v) is 23.5. The fourth-order valence-corrected chi connectivity index (χ4v) is 6.05. The maximum atomic E-state index is 13.6. The van der Waals surface area contributed by atoms with Crippen LogP contribution in [0.3, 0.4) is 0 Å². The molecule has 1 saturated carbocycles. The normalized spacial score (nSPS) is 15.1. The van der Waals surface area contributed by atoms with Crippen molar-refractivity contribution in [1.29, 1.82) is 0 Å². The highest BCUT2D eigenvalue weighted by Crippen LogP contribution is 2.21. The van der Waals surface area contributed by atoms with Gasteiger partial charge in [0.1, 0.15) is 11.9 Å². The molecule has 2 aromatic rings. The molecule has 1 atom stereocenters. The average Bonchev–Trinajstić information content (AvgIpc) is 2.87. The van der Waals surface area contributed by atoms with Crippen LogP contribution in [0.1, 0.15) is 69.4 Å². The molecule has 0 radical (unpaired) electrons. The molecule has 0 spiro atoms. The van der Waals surface area contributed by atoms with E-state index >= 15 is 0 Å². The molecule has 1 N–H and O–H groups in total. The summed E-state index contributed by atoms with van der Waals surface area (Å²) in [6, 6.07) is 12.6. The van der Waals surface area contributed by atoms with Crippen molar-refractivity contribution in [3.63, 3.8) is 0 Å². The van der Waals surface area contributed by atoms with Gasteiger partial charge in [-0.1, -0.05) is 56.0 Å². The number of hydrogen-bond acceptors (Lipinski definition) is 4. The summed E-state index contributed by atoms with van der Waals surface area (Å²) in [4.78, 5) is 28.6. The lowest BCUT2D eigenvalue weighted by Crippen LogP contribution is -2.51. The second-order valence-electron chi connectivity index (χ2n) is 10.2. The first-order valence-electron chi connectivity index (χ1n) is 13.5. The van der Waals surface area contributed by atoms with Gasteiger partial charge in [-0.25, -0.2) is 12.8 Å². The molecule has 2 aromatic carbocycles. The van der Waals surface area contributed by atoms with Crippen molar-refractivity contribution in [2.75, 3.05) is 17.1 Å². The first kappa shape index (κ1) is 29.6. The highest BCUT2D eigenvalue weighted by atomic mass is 32.2. The molecule has 9 heteroatoms. The van der Waals surface area contributed by atoms with Gasteiger partial charge in [-0.3, -0.25) is 13.9 Å². The number of carbonyl (C=O) groups excluding carboxylic acids is 2. The van der Waals surface area contributed by atoms with Crippen molar-refractivity contribution in [3.05, 3.63) is 65.5 Å². The maximum absolute atomic E-state index is 13.6. The molecule has 3 rings (SSSR count). The first-order valence-corrected chi connectivity index (χ1v) is 15.3. The second kappa shape index (κ2) is 13.7. The predicted octanol–water partition coefficient (Wildman–Crippen LogP) is 4.94. The molecule has 0 unspecified atom stereocenters. The van der Waals surface area contributed by atoms with Gasteiger partial charge in [-0.2, -0.15) is 0 Å². The molecule has 2 amide bonds. The fourth-order valence-electron chi connectivity index (χ4n) is 5.08. The quantitative estimate of drug-likeness (QED) is 0.410. The van der Waals surface area contributed by atoms with Crippen LogP contribution in [-0.4, -0.2) is 50.0 Å². The van der Waals surface area contributed by atoms with Gasteiger partial charge in [-0.05, 0) is 62.4 Å². The van der Waals surface area contributed by atoms with Crippen LogP contribution in [0, 0.1) is 12.7 Å². The van der Waals surface area contributed by atoms with Crippen molar-refractivity contribution in [3.8, 4) is 0 Å². The molecule has 0 aromatic heterocycles. The monoisotopic (exact) mass is 545 g/mol. The predicted molar refractivity (Wildman–Crippen MR) is 149 cm³/mol. The summed E-state index contributed by atoms with van der Waals surface area (Å²) < 4.78 is 39.4. The van der Waals surface area contributed by atoms with Crippen LogP contribution in [0.2, 0.25) is 0 Å². The van der Waals surface area contributed by atoms with Gasteiger partial charge in [0.05, 0.1) is 11.9 Å². The molecule has 1 aliphatic rings. The van der Waals surface area contributed by atoms with Crippen LogP contribution >= 0.6 is 0 Å². The van der Waals surface area contributed by atoms with Crippen LogP contribution in [-0.2, 0) is 26.2 Å². The van der Waals surface area contributed by atoms with Crippen LogP contribution in [0.5, 0.6) is 0 Å². The number of hydrogen-bond donors (Lipinski definition) is 1. The summed E-state index contributed by atoms with van der Waals surface area (Å²) in [5.74, 6) is -0.796. The molecule has 7 nitrogen and oxygen atoms in total. The van der Waals surface area contributed by atoms with E-state index in [1.807, 2.05) is 38.1 Å². The number of sulfonamides is 1. The highest BCUT2D eigenvalue weighted by Gasteiger charge is 2.30. The van der Waals surface area contributed by atoms with E-state index in [2.05, 4.69) is 5.32 Å². The average molecular weight is 546 g/mol. The van der Waals surface area contributed by atoms with Crippen molar-refractivity contribution in [2.24, 2.45) is 0 Å². The molecule has 0 aliphatic heterocycles. The van der Waals surface area contributed by atoms with Crippen LogP contribution in [0.25, 0.3) is 0 Å². The number of benzene rings is 2. The van der Waals surface area contributed by atoms with E-state index in [9.17, 15) is 22.4 Å². The number of nitrogens with zero attached hydrogens (tertiary/aromatic N) is 2. The number of rotatable bonds is 12. The summed E-state index contributed by atoms with van der Waals surface area (Å²) in [5.41, 5.74) is 2.35. The Morgan fingerprint density at radius 2 is 1.76 bits per heavy atom. The van der Waals surface area contributed by atoms with E-state index in [1.165, 1.54) is 35.0 Å². The number of carbonyl (C=O) groups is 2. The Morgan fingerprint density at radius 3 is 2.37 bits per heavy atom. The van der Waals surface area contributed by atoms with Gasteiger partial charge in [-0.15, -0.1) is 0 Å². The Balaban J connectivity index is 1.75. The van der Waals surface area contributed by atoms with Crippen LogP contribution in [0.4, 0.5) is 10.1 Å². The van der Waals surface area contributed by atoms with E-state index in [0.717, 1.165) is 43.1 Å². The van der Waals surface area contributed by atoms with E-state index < -0.39 is 21.9 Å². The minimum atomic E-state index is -3.63. The largest absolute Gasteiger partial charge is 0.352 e. The van der Waals surface area contributed by atoms with Crippen molar-refractivity contribution < 1.29 is 22.4 Å². The van der Waals surface area contributed by atoms with E-state index in [0.29, 0.717) is 18.7 Å². The highest BCUT2D eigenvalue weighted by molar-refractivity contribution is 7.92. The number of nitrogens with one attached hydrogen (secondary N) is 1. The SMILES string of the molecule is CC[C@H](C(=O)NC1CCCCC1)N(Cc1cccc(C)c1)C(=O)CCCN(c1ccc(F)cc1)S(C)(=O)=O. The Bertz CT molecular complexity index is 1180. The van der Waals surface area contributed by atoms with Crippen LogP contribution in [0.15, 0.2) is 48.5 Å². The molecule has 1 fully saturated rings.